The summed E-state index contributed by atoms with van der Waals surface area (Å²) in [6.45, 7) is 1.27. The van der Waals surface area contributed by atoms with Gasteiger partial charge in [-0.15, -0.1) is 0 Å². The number of carboxylic acids is 2. The van der Waals surface area contributed by atoms with Crippen LogP contribution in [-0.2, 0) is 18.9 Å². The van der Waals surface area contributed by atoms with Crippen molar-refractivity contribution in [2.75, 3.05) is 6.16 Å². The molecule has 0 spiro atoms. The highest BCUT2D eigenvalue weighted by molar-refractivity contribution is 7.58. The third-order valence-corrected chi connectivity index (χ3v) is 6.10. The minimum atomic E-state index is -4.09. The van der Waals surface area contributed by atoms with E-state index in [1.165, 1.54) is 25.1 Å². The van der Waals surface area contributed by atoms with Crippen molar-refractivity contribution in [3.63, 3.8) is 0 Å². The van der Waals surface area contributed by atoms with Gasteiger partial charge in [0.15, 0.2) is 0 Å². The van der Waals surface area contributed by atoms with E-state index in [-0.39, 0.29) is 12.2 Å². The zero-order chi connectivity index (χ0) is 20.6. The first kappa shape index (κ1) is 22.4. The van der Waals surface area contributed by atoms with Crippen molar-refractivity contribution in [2.24, 2.45) is 5.92 Å². The number of amides is 1. The molecule has 0 heterocycles. The zero-order valence-corrected chi connectivity index (χ0v) is 15.5. The lowest BCUT2D eigenvalue weighted by Crippen LogP contribution is -2.33. The molecule has 0 aliphatic carbocycles. The van der Waals surface area contributed by atoms with Gasteiger partial charge in [-0.1, -0.05) is 12.1 Å². The van der Waals surface area contributed by atoms with Crippen LogP contribution >= 0.6 is 7.37 Å². The highest BCUT2D eigenvalue weighted by Gasteiger charge is 2.34. The summed E-state index contributed by atoms with van der Waals surface area (Å²) in [6, 6.07) is 6.11. The number of aromatic hydroxyl groups is 1. The first-order valence-corrected chi connectivity index (χ1v) is 9.96. The maximum Gasteiger partial charge on any atom is 0.307 e. The van der Waals surface area contributed by atoms with Crippen LogP contribution in [0.4, 0.5) is 0 Å². The van der Waals surface area contributed by atoms with E-state index in [1.54, 1.807) is 12.1 Å². The Labute approximate surface area is 155 Å². The minimum Gasteiger partial charge on any atom is -0.508 e. The number of nitrogens with one attached hydrogen (secondary N) is 1. The van der Waals surface area contributed by atoms with Crippen molar-refractivity contribution in [3.8, 4) is 5.75 Å². The van der Waals surface area contributed by atoms with Gasteiger partial charge in [-0.25, -0.2) is 0 Å². The van der Waals surface area contributed by atoms with Crippen LogP contribution in [0, 0.1) is 5.92 Å². The Balaban J connectivity index is 2.70. The van der Waals surface area contributed by atoms with Gasteiger partial charge in [0, 0.05) is 18.7 Å². The SMILES string of the molecule is CC(NC(=O)/C=C/c1cccc(O)c1)P(=O)(O)CC(CCC(=O)O)C(=O)O. The topological polar surface area (TPSA) is 161 Å². The number of carboxylic acid groups (broad SMARTS) is 2. The molecule has 3 atom stereocenters. The van der Waals surface area contributed by atoms with Crippen LogP contribution in [0.1, 0.15) is 25.3 Å². The number of carbonyl (C=O) groups excluding carboxylic acids is 1. The molecule has 0 saturated heterocycles. The van der Waals surface area contributed by atoms with E-state index in [4.69, 9.17) is 10.2 Å². The lowest BCUT2D eigenvalue weighted by atomic mass is 10.1. The molecule has 5 N–H and O–H groups in total. The van der Waals surface area contributed by atoms with Crippen molar-refractivity contribution in [2.45, 2.75) is 25.5 Å². The van der Waals surface area contributed by atoms with Crippen LogP contribution in [-0.4, -0.2) is 50.0 Å². The number of phenols is 1. The van der Waals surface area contributed by atoms with Gasteiger partial charge in [0.25, 0.3) is 0 Å². The van der Waals surface area contributed by atoms with Crippen LogP contribution in [0.15, 0.2) is 30.3 Å². The second-order valence-electron chi connectivity index (χ2n) is 6.02. The van der Waals surface area contributed by atoms with Crippen molar-refractivity contribution in [3.05, 3.63) is 35.9 Å². The van der Waals surface area contributed by atoms with Gasteiger partial charge in [0.05, 0.1) is 5.92 Å². The summed E-state index contributed by atoms with van der Waals surface area (Å²) in [5.41, 5.74) is 0.546. The van der Waals surface area contributed by atoms with Crippen LogP contribution in [0.5, 0.6) is 5.75 Å². The second kappa shape index (κ2) is 9.89. The summed E-state index contributed by atoms with van der Waals surface area (Å²) in [7, 11) is -4.09. The predicted molar refractivity (Wildman–Crippen MR) is 97.4 cm³/mol. The van der Waals surface area contributed by atoms with Crippen molar-refractivity contribution < 1.29 is 39.2 Å². The fourth-order valence-electron chi connectivity index (χ4n) is 2.22. The Morgan fingerprint density at radius 1 is 1.26 bits per heavy atom. The lowest BCUT2D eigenvalue weighted by molar-refractivity contribution is -0.142. The van der Waals surface area contributed by atoms with E-state index in [9.17, 15) is 28.9 Å². The van der Waals surface area contributed by atoms with E-state index in [1.807, 2.05) is 0 Å². The van der Waals surface area contributed by atoms with E-state index >= 15 is 0 Å². The molecule has 10 heteroatoms. The number of phenolic OH excluding ortho intramolecular Hbond substituents is 1. The molecule has 1 aromatic rings. The molecule has 0 aliphatic heterocycles. The molecule has 1 amide bonds. The molecule has 3 unspecified atom stereocenters. The predicted octanol–water partition coefficient (Wildman–Crippen LogP) is 1.70. The monoisotopic (exact) mass is 399 g/mol. The number of hydrogen-bond acceptors (Lipinski definition) is 5. The van der Waals surface area contributed by atoms with Gasteiger partial charge in [0.2, 0.25) is 13.3 Å². The first-order valence-electron chi connectivity index (χ1n) is 8.05. The van der Waals surface area contributed by atoms with E-state index in [2.05, 4.69) is 5.32 Å². The highest BCUT2D eigenvalue weighted by Crippen LogP contribution is 2.47. The Morgan fingerprint density at radius 2 is 1.93 bits per heavy atom. The Hall–Kier alpha value is -2.64. The molecule has 0 bridgehead atoms. The van der Waals surface area contributed by atoms with Gasteiger partial charge < -0.3 is 25.5 Å². The Bertz CT molecular complexity index is 776. The largest absolute Gasteiger partial charge is 0.508 e. The van der Waals surface area contributed by atoms with E-state index < -0.39 is 49.5 Å². The number of hydrogen-bond donors (Lipinski definition) is 5. The zero-order valence-electron chi connectivity index (χ0n) is 14.6. The van der Waals surface area contributed by atoms with Crippen LogP contribution in [0.2, 0.25) is 0 Å². The molecule has 0 radical (unpaired) electrons. The van der Waals surface area contributed by atoms with Gasteiger partial charge in [-0.3, -0.25) is 18.9 Å². The quantitative estimate of drug-likeness (QED) is 0.293. The molecule has 0 saturated carbocycles. The number of benzene rings is 1. The summed E-state index contributed by atoms with van der Waals surface area (Å²) in [4.78, 5) is 43.8. The smallest absolute Gasteiger partial charge is 0.307 e. The summed E-state index contributed by atoms with van der Waals surface area (Å²) >= 11 is 0. The van der Waals surface area contributed by atoms with Crippen molar-refractivity contribution in [1.82, 2.24) is 5.32 Å². The summed E-state index contributed by atoms with van der Waals surface area (Å²) < 4.78 is 12.4. The lowest BCUT2D eigenvalue weighted by Gasteiger charge is -2.22. The van der Waals surface area contributed by atoms with Gasteiger partial charge in [0.1, 0.15) is 11.5 Å². The maximum absolute atomic E-state index is 12.4. The first-order chi connectivity index (χ1) is 12.5. The normalized spacial score (nSPS) is 15.6. The molecule has 0 fully saturated rings. The van der Waals surface area contributed by atoms with Crippen molar-refractivity contribution >= 4 is 31.3 Å². The third kappa shape index (κ3) is 8.06. The van der Waals surface area contributed by atoms with Crippen LogP contribution in [0.3, 0.4) is 0 Å². The Kier molecular flexibility index (Phi) is 8.21. The van der Waals surface area contributed by atoms with Crippen LogP contribution in [0.25, 0.3) is 6.08 Å². The van der Waals surface area contributed by atoms with E-state index in [0.29, 0.717) is 5.56 Å². The molecule has 9 nitrogen and oxygen atoms in total. The number of aliphatic carboxylic acids is 2. The summed E-state index contributed by atoms with van der Waals surface area (Å²) in [5.74, 6) is -5.74. The summed E-state index contributed by atoms with van der Waals surface area (Å²) in [5, 5.41) is 29.4. The van der Waals surface area contributed by atoms with Crippen LogP contribution < -0.4 is 5.32 Å². The second-order valence-corrected chi connectivity index (χ2v) is 8.67. The molecular formula is C17H22NO8P. The molecule has 0 aromatic heterocycles. The summed E-state index contributed by atoms with van der Waals surface area (Å²) in [6.07, 6.45) is 1.15. The molecule has 148 valence electrons. The van der Waals surface area contributed by atoms with E-state index in [0.717, 1.165) is 6.08 Å². The fraction of sp³-hybridized carbons (Fsp3) is 0.353. The maximum atomic E-state index is 12.4. The van der Waals surface area contributed by atoms with Crippen molar-refractivity contribution in [1.29, 1.82) is 0 Å². The molecule has 1 aromatic carbocycles. The molecule has 1 rings (SSSR count). The highest BCUT2D eigenvalue weighted by atomic mass is 31.2. The van der Waals surface area contributed by atoms with Gasteiger partial charge >= 0.3 is 11.9 Å². The standard InChI is InChI=1S/C17H22NO8P/c1-11(18-15(20)7-5-12-3-2-4-14(19)9-12)27(25,26)10-13(17(23)24)6-8-16(21)22/h2-5,7,9,11,13,19H,6,8,10H2,1H3,(H,18,20)(H,21,22)(H,23,24)(H,25,26)/b7-5+. The average Bonchev–Trinajstić information content (AvgIpc) is 2.56. The number of rotatable bonds is 10. The third-order valence-electron chi connectivity index (χ3n) is 3.79. The van der Waals surface area contributed by atoms with Gasteiger partial charge in [-0.05, 0) is 37.1 Å². The Morgan fingerprint density at radius 3 is 2.48 bits per heavy atom. The molecular weight excluding hydrogens is 377 g/mol. The number of carbonyl (C=O) groups is 3. The molecule has 27 heavy (non-hydrogen) atoms. The average molecular weight is 399 g/mol. The fourth-order valence-corrected chi connectivity index (χ4v) is 3.84. The molecule has 0 aliphatic rings. The van der Waals surface area contributed by atoms with Gasteiger partial charge in [-0.2, -0.15) is 0 Å². The minimum absolute atomic E-state index is 0.0202.